The topological polar surface area (TPSA) is 78.3 Å². The molecule has 2 aromatic carbocycles. The summed E-state index contributed by atoms with van der Waals surface area (Å²) in [6, 6.07) is 13.8. The van der Waals surface area contributed by atoms with Gasteiger partial charge in [0.2, 0.25) is 12.7 Å². The van der Waals surface area contributed by atoms with E-state index in [9.17, 15) is 4.79 Å². The molecule has 0 aliphatic carbocycles. The van der Waals surface area contributed by atoms with Crippen LogP contribution in [0, 0.1) is 13.8 Å². The van der Waals surface area contributed by atoms with E-state index >= 15 is 0 Å². The molecular formula is C20H20N4O3S. The summed E-state index contributed by atoms with van der Waals surface area (Å²) < 4.78 is 12.6. The van der Waals surface area contributed by atoms with Gasteiger partial charge in [0.15, 0.2) is 16.7 Å². The minimum absolute atomic E-state index is 0.0706. The standard InChI is InChI=1S/C20H20N4O3S/c1-13-3-6-16(7-4-13)24-14(2)22-23-20(24)28-11-19(25)21-10-15-5-8-17-18(9-15)27-12-26-17/h3-9H,10-12H2,1-2H3,(H,21,25). The van der Waals surface area contributed by atoms with Crippen LogP contribution >= 0.6 is 11.8 Å². The van der Waals surface area contributed by atoms with Gasteiger partial charge in [0, 0.05) is 12.2 Å². The average Bonchev–Trinajstić information content (AvgIpc) is 3.31. The number of amides is 1. The van der Waals surface area contributed by atoms with Crippen LogP contribution in [0.1, 0.15) is 17.0 Å². The number of ether oxygens (including phenoxy) is 2. The quantitative estimate of drug-likeness (QED) is 0.646. The lowest BCUT2D eigenvalue weighted by atomic mass is 10.2. The van der Waals surface area contributed by atoms with Crippen molar-refractivity contribution in [3.05, 3.63) is 59.4 Å². The average molecular weight is 396 g/mol. The third-order valence-electron chi connectivity index (χ3n) is 4.35. The lowest BCUT2D eigenvalue weighted by Gasteiger charge is -2.09. The van der Waals surface area contributed by atoms with E-state index in [-0.39, 0.29) is 18.5 Å². The Hall–Kier alpha value is -3.00. The molecule has 144 valence electrons. The molecular weight excluding hydrogens is 376 g/mol. The molecule has 4 rings (SSSR count). The van der Waals surface area contributed by atoms with E-state index in [2.05, 4.69) is 15.5 Å². The SMILES string of the molecule is Cc1ccc(-n2c(C)nnc2SCC(=O)NCc2ccc3c(c2)OCO3)cc1. The van der Waals surface area contributed by atoms with Crippen molar-refractivity contribution < 1.29 is 14.3 Å². The summed E-state index contributed by atoms with van der Waals surface area (Å²) in [7, 11) is 0. The summed E-state index contributed by atoms with van der Waals surface area (Å²) in [6.07, 6.45) is 0. The van der Waals surface area contributed by atoms with Crippen LogP contribution in [0.15, 0.2) is 47.6 Å². The molecule has 1 amide bonds. The maximum absolute atomic E-state index is 12.3. The molecule has 0 spiro atoms. The van der Waals surface area contributed by atoms with Gasteiger partial charge in [0.1, 0.15) is 5.82 Å². The molecule has 1 aliphatic heterocycles. The number of hydrogen-bond acceptors (Lipinski definition) is 6. The highest BCUT2D eigenvalue weighted by Crippen LogP contribution is 2.32. The van der Waals surface area contributed by atoms with Gasteiger partial charge in [-0.25, -0.2) is 0 Å². The van der Waals surface area contributed by atoms with Crippen molar-refractivity contribution in [3.63, 3.8) is 0 Å². The maximum atomic E-state index is 12.3. The molecule has 0 atom stereocenters. The van der Waals surface area contributed by atoms with Gasteiger partial charge in [-0.2, -0.15) is 0 Å². The van der Waals surface area contributed by atoms with E-state index in [1.54, 1.807) is 0 Å². The number of rotatable bonds is 6. The van der Waals surface area contributed by atoms with Gasteiger partial charge in [0.05, 0.1) is 5.75 Å². The Bertz CT molecular complexity index is 1000. The van der Waals surface area contributed by atoms with E-state index in [0.717, 1.165) is 22.8 Å². The second-order valence-corrected chi connectivity index (χ2v) is 7.40. The van der Waals surface area contributed by atoms with Crippen molar-refractivity contribution in [2.45, 2.75) is 25.5 Å². The molecule has 8 heteroatoms. The van der Waals surface area contributed by atoms with E-state index in [1.165, 1.54) is 17.3 Å². The van der Waals surface area contributed by atoms with Crippen molar-refractivity contribution in [1.82, 2.24) is 20.1 Å². The minimum atomic E-state index is -0.0706. The van der Waals surface area contributed by atoms with Crippen LogP contribution in [0.2, 0.25) is 0 Å². The van der Waals surface area contributed by atoms with Crippen molar-refractivity contribution in [2.75, 3.05) is 12.5 Å². The molecule has 0 unspecified atom stereocenters. The van der Waals surface area contributed by atoms with Gasteiger partial charge >= 0.3 is 0 Å². The normalized spacial score (nSPS) is 12.2. The largest absolute Gasteiger partial charge is 0.454 e. The number of hydrogen-bond donors (Lipinski definition) is 1. The number of aromatic nitrogens is 3. The van der Waals surface area contributed by atoms with Gasteiger partial charge in [-0.1, -0.05) is 35.5 Å². The zero-order valence-electron chi connectivity index (χ0n) is 15.6. The third-order valence-corrected chi connectivity index (χ3v) is 5.28. The van der Waals surface area contributed by atoms with E-state index in [0.29, 0.717) is 17.5 Å². The molecule has 0 radical (unpaired) electrons. The highest BCUT2D eigenvalue weighted by molar-refractivity contribution is 7.99. The maximum Gasteiger partial charge on any atom is 0.231 e. The van der Waals surface area contributed by atoms with Crippen LogP contribution in [-0.2, 0) is 11.3 Å². The van der Waals surface area contributed by atoms with E-state index < -0.39 is 0 Å². The third kappa shape index (κ3) is 3.96. The molecule has 3 aromatic rings. The van der Waals surface area contributed by atoms with Gasteiger partial charge in [-0.3, -0.25) is 9.36 Å². The molecule has 2 heterocycles. The van der Waals surface area contributed by atoms with Crippen LogP contribution in [0.4, 0.5) is 0 Å². The predicted octanol–water partition coefficient (Wildman–Crippen LogP) is 3.02. The smallest absolute Gasteiger partial charge is 0.231 e. The Balaban J connectivity index is 1.36. The van der Waals surface area contributed by atoms with Crippen LogP contribution in [0.25, 0.3) is 5.69 Å². The summed E-state index contributed by atoms with van der Waals surface area (Å²) in [6.45, 7) is 4.61. The number of nitrogens with zero attached hydrogens (tertiary/aromatic N) is 3. The van der Waals surface area contributed by atoms with E-state index in [4.69, 9.17) is 9.47 Å². The van der Waals surface area contributed by atoms with Crippen LogP contribution < -0.4 is 14.8 Å². The Morgan fingerprint density at radius 1 is 1.11 bits per heavy atom. The Morgan fingerprint density at radius 2 is 1.89 bits per heavy atom. The molecule has 7 nitrogen and oxygen atoms in total. The lowest BCUT2D eigenvalue weighted by molar-refractivity contribution is -0.118. The van der Waals surface area contributed by atoms with Crippen molar-refractivity contribution in [3.8, 4) is 17.2 Å². The van der Waals surface area contributed by atoms with Crippen LogP contribution in [0.5, 0.6) is 11.5 Å². The molecule has 0 saturated heterocycles. The number of fused-ring (bicyclic) bond motifs is 1. The second-order valence-electron chi connectivity index (χ2n) is 6.45. The Morgan fingerprint density at radius 3 is 2.71 bits per heavy atom. The minimum Gasteiger partial charge on any atom is -0.454 e. The first-order valence-corrected chi connectivity index (χ1v) is 9.86. The summed E-state index contributed by atoms with van der Waals surface area (Å²) in [4.78, 5) is 12.3. The molecule has 1 N–H and O–H groups in total. The zero-order valence-corrected chi connectivity index (χ0v) is 16.5. The number of carbonyl (C=O) groups is 1. The van der Waals surface area contributed by atoms with Crippen molar-refractivity contribution in [1.29, 1.82) is 0 Å². The summed E-state index contributed by atoms with van der Waals surface area (Å²) >= 11 is 1.36. The number of aryl methyl sites for hydroxylation is 2. The predicted molar refractivity (Wildman–Crippen MR) is 106 cm³/mol. The summed E-state index contributed by atoms with van der Waals surface area (Å²) in [5.41, 5.74) is 3.13. The monoisotopic (exact) mass is 396 g/mol. The van der Waals surface area contributed by atoms with Gasteiger partial charge < -0.3 is 14.8 Å². The van der Waals surface area contributed by atoms with E-state index in [1.807, 2.05) is 60.9 Å². The number of benzene rings is 2. The molecule has 1 aromatic heterocycles. The van der Waals surface area contributed by atoms with Crippen LogP contribution in [-0.4, -0.2) is 33.2 Å². The number of thioether (sulfide) groups is 1. The molecule has 0 fully saturated rings. The first kappa shape index (κ1) is 18.4. The Labute approximate surface area is 167 Å². The van der Waals surface area contributed by atoms with Crippen molar-refractivity contribution in [2.24, 2.45) is 0 Å². The number of nitrogens with one attached hydrogen (secondary N) is 1. The van der Waals surface area contributed by atoms with Crippen LogP contribution in [0.3, 0.4) is 0 Å². The Kier molecular flexibility index (Phi) is 5.21. The zero-order chi connectivity index (χ0) is 19.5. The fourth-order valence-corrected chi connectivity index (χ4v) is 3.69. The fraction of sp³-hybridized carbons (Fsp3) is 0.250. The first-order chi connectivity index (χ1) is 13.6. The summed E-state index contributed by atoms with van der Waals surface area (Å²) in [5, 5.41) is 12.0. The highest BCUT2D eigenvalue weighted by Gasteiger charge is 2.15. The second kappa shape index (κ2) is 7.93. The van der Waals surface area contributed by atoms with Gasteiger partial charge in [-0.05, 0) is 43.7 Å². The molecule has 0 bridgehead atoms. The lowest BCUT2D eigenvalue weighted by Crippen LogP contribution is -2.24. The summed E-state index contributed by atoms with van der Waals surface area (Å²) in [5.74, 6) is 2.42. The highest BCUT2D eigenvalue weighted by atomic mass is 32.2. The van der Waals surface area contributed by atoms with Crippen molar-refractivity contribution >= 4 is 17.7 Å². The van der Waals surface area contributed by atoms with Gasteiger partial charge in [0.25, 0.3) is 0 Å². The van der Waals surface area contributed by atoms with Gasteiger partial charge in [-0.15, -0.1) is 10.2 Å². The first-order valence-electron chi connectivity index (χ1n) is 8.87. The number of carbonyl (C=O) groups excluding carboxylic acids is 1. The molecule has 1 aliphatic rings. The molecule has 0 saturated carbocycles. The molecule has 28 heavy (non-hydrogen) atoms. The fourth-order valence-electron chi connectivity index (χ4n) is 2.86.